The molecule has 0 saturated carbocycles. The molecule has 2 aromatic carbocycles. The summed E-state index contributed by atoms with van der Waals surface area (Å²) < 4.78 is 29.4. The minimum absolute atomic E-state index is 0.413. The lowest BCUT2D eigenvalue weighted by atomic mass is 10.0. The van der Waals surface area contributed by atoms with Crippen molar-refractivity contribution in [2.75, 3.05) is 30.5 Å². The van der Waals surface area contributed by atoms with Crippen LogP contribution in [0.15, 0.2) is 42.5 Å². The number of nitrogens with zero attached hydrogens (tertiary/aromatic N) is 1. The van der Waals surface area contributed by atoms with Crippen LogP contribution in [-0.4, -0.2) is 28.8 Å². The Hall–Kier alpha value is -2.21. The average molecular weight is 306 g/mol. The second-order valence-electron chi connectivity index (χ2n) is 4.73. The fourth-order valence-electron chi connectivity index (χ4n) is 1.98. The summed E-state index contributed by atoms with van der Waals surface area (Å²) in [4.78, 5) is 0. The Morgan fingerprint density at radius 2 is 1.62 bits per heavy atom. The van der Waals surface area contributed by atoms with Crippen molar-refractivity contribution in [1.29, 1.82) is 0 Å². The summed E-state index contributed by atoms with van der Waals surface area (Å²) in [7, 11) is -0.234. The van der Waals surface area contributed by atoms with E-state index in [0.717, 1.165) is 23.1 Å². The molecule has 2 N–H and O–H groups in total. The second kappa shape index (κ2) is 5.65. The highest BCUT2D eigenvalue weighted by Crippen LogP contribution is 2.30. The summed E-state index contributed by atoms with van der Waals surface area (Å²) in [6.45, 7) is 0. The summed E-state index contributed by atoms with van der Waals surface area (Å²) in [6.07, 6.45) is 1.14. The van der Waals surface area contributed by atoms with Crippen LogP contribution in [0.2, 0.25) is 0 Å². The van der Waals surface area contributed by atoms with Gasteiger partial charge < -0.3 is 10.5 Å². The molecule has 0 fully saturated rings. The SMILES string of the molecule is COc1ccc(-c2ccc(N(C)S(C)(=O)=O)c(N)c2)cc1. The van der Waals surface area contributed by atoms with Gasteiger partial charge in [-0.3, -0.25) is 4.31 Å². The molecule has 0 aromatic heterocycles. The molecule has 112 valence electrons. The van der Waals surface area contributed by atoms with Crippen LogP contribution >= 0.6 is 0 Å². The Labute approximate surface area is 125 Å². The average Bonchev–Trinajstić information content (AvgIpc) is 2.45. The number of nitrogens with two attached hydrogens (primary N) is 1. The minimum atomic E-state index is -3.33. The maximum Gasteiger partial charge on any atom is 0.232 e. The van der Waals surface area contributed by atoms with Crippen LogP contribution in [0, 0.1) is 0 Å². The fraction of sp³-hybridized carbons (Fsp3) is 0.200. The summed E-state index contributed by atoms with van der Waals surface area (Å²) >= 11 is 0. The third-order valence-electron chi connectivity index (χ3n) is 3.29. The fourth-order valence-corrected chi connectivity index (χ4v) is 2.51. The van der Waals surface area contributed by atoms with E-state index in [-0.39, 0.29) is 0 Å². The zero-order valence-electron chi connectivity index (χ0n) is 12.2. The van der Waals surface area contributed by atoms with Crippen molar-refractivity contribution in [2.24, 2.45) is 0 Å². The molecule has 0 unspecified atom stereocenters. The van der Waals surface area contributed by atoms with E-state index >= 15 is 0 Å². The molecule has 6 heteroatoms. The van der Waals surface area contributed by atoms with Crippen LogP contribution in [0.3, 0.4) is 0 Å². The number of methoxy groups -OCH3 is 1. The largest absolute Gasteiger partial charge is 0.497 e. The van der Waals surface area contributed by atoms with Crippen molar-refractivity contribution in [3.05, 3.63) is 42.5 Å². The topological polar surface area (TPSA) is 72.6 Å². The zero-order chi connectivity index (χ0) is 15.6. The molecule has 0 aliphatic rings. The van der Waals surface area contributed by atoms with Gasteiger partial charge in [0.15, 0.2) is 0 Å². The lowest BCUT2D eigenvalue weighted by molar-refractivity contribution is 0.415. The van der Waals surface area contributed by atoms with Crippen molar-refractivity contribution in [3.63, 3.8) is 0 Å². The molecular weight excluding hydrogens is 288 g/mol. The highest BCUT2D eigenvalue weighted by molar-refractivity contribution is 7.92. The lowest BCUT2D eigenvalue weighted by Crippen LogP contribution is -2.25. The standard InChI is InChI=1S/C15H18N2O3S/c1-17(21(3,18)19)15-9-6-12(10-14(15)16)11-4-7-13(20-2)8-5-11/h4-10H,16H2,1-3H3. The van der Waals surface area contributed by atoms with Crippen molar-refractivity contribution in [1.82, 2.24) is 0 Å². The number of benzene rings is 2. The van der Waals surface area contributed by atoms with Gasteiger partial charge in [-0.15, -0.1) is 0 Å². The molecule has 0 spiro atoms. The Balaban J connectivity index is 2.38. The summed E-state index contributed by atoms with van der Waals surface area (Å²) in [5, 5.41) is 0. The van der Waals surface area contributed by atoms with Gasteiger partial charge in [-0.2, -0.15) is 0 Å². The highest BCUT2D eigenvalue weighted by Gasteiger charge is 2.15. The molecule has 5 nitrogen and oxygen atoms in total. The first-order valence-corrected chi connectivity index (χ1v) is 8.15. The van der Waals surface area contributed by atoms with Gasteiger partial charge in [0.25, 0.3) is 0 Å². The molecule has 0 heterocycles. The number of anilines is 2. The Bertz CT molecular complexity index is 740. The monoisotopic (exact) mass is 306 g/mol. The number of hydrogen-bond donors (Lipinski definition) is 1. The van der Waals surface area contributed by atoms with Crippen LogP contribution < -0.4 is 14.8 Å². The number of hydrogen-bond acceptors (Lipinski definition) is 4. The van der Waals surface area contributed by atoms with E-state index in [1.807, 2.05) is 30.3 Å². The van der Waals surface area contributed by atoms with E-state index in [1.165, 1.54) is 11.4 Å². The molecule has 2 aromatic rings. The van der Waals surface area contributed by atoms with Gasteiger partial charge in [0.05, 0.1) is 24.7 Å². The molecule has 0 radical (unpaired) electrons. The van der Waals surface area contributed by atoms with Crippen molar-refractivity contribution in [2.45, 2.75) is 0 Å². The second-order valence-corrected chi connectivity index (χ2v) is 6.75. The van der Waals surface area contributed by atoms with Gasteiger partial charge >= 0.3 is 0 Å². The van der Waals surface area contributed by atoms with Crippen LogP contribution in [0.1, 0.15) is 0 Å². The van der Waals surface area contributed by atoms with Crippen molar-refractivity contribution in [3.8, 4) is 16.9 Å². The van der Waals surface area contributed by atoms with Gasteiger partial charge in [0.2, 0.25) is 10.0 Å². The number of nitrogen functional groups attached to an aromatic ring is 1. The molecule has 0 aliphatic heterocycles. The summed E-state index contributed by atoms with van der Waals surface area (Å²) in [5.41, 5.74) is 8.76. The maximum absolute atomic E-state index is 11.6. The minimum Gasteiger partial charge on any atom is -0.497 e. The third kappa shape index (κ3) is 3.28. The van der Waals surface area contributed by atoms with Crippen LogP contribution in [0.25, 0.3) is 11.1 Å². The molecule has 2 rings (SSSR count). The summed E-state index contributed by atoms with van der Waals surface area (Å²) in [6, 6.07) is 12.9. The number of rotatable bonds is 4. The molecule has 0 bridgehead atoms. The molecule has 21 heavy (non-hydrogen) atoms. The van der Waals surface area contributed by atoms with E-state index in [0.29, 0.717) is 11.4 Å². The Kier molecular flexibility index (Phi) is 4.09. The van der Waals surface area contributed by atoms with Crippen LogP contribution in [-0.2, 0) is 10.0 Å². The third-order valence-corrected chi connectivity index (χ3v) is 4.48. The van der Waals surface area contributed by atoms with Crippen molar-refractivity contribution >= 4 is 21.4 Å². The van der Waals surface area contributed by atoms with Gasteiger partial charge in [0.1, 0.15) is 5.75 Å². The van der Waals surface area contributed by atoms with Crippen LogP contribution in [0.4, 0.5) is 11.4 Å². The normalized spacial score (nSPS) is 11.2. The first-order valence-electron chi connectivity index (χ1n) is 6.31. The highest BCUT2D eigenvalue weighted by atomic mass is 32.2. The maximum atomic E-state index is 11.6. The van der Waals surface area contributed by atoms with Crippen molar-refractivity contribution < 1.29 is 13.2 Å². The van der Waals surface area contributed by atoms with Gasteiger partial charge in [-0.25, -0.2) is 8.42 Å². The van der Waals surface area contributed by atoms with Crippen LogP contribution in [0.5, 0.6) is 5.75 Å². The molecular formula is C15H18N2O3S. The van der Waals surface area contributed by atoms with Gasteiger partial charge in [-0.05, 0) is 35.4 Å². The van der Waals surface area contributed by atoms with E-state index in [4.69, 9.17) is 10.5 Å². The Morgan fingerprint density at radius 1 is 1.05 bits per heavy atom. The number of sulfonamides is 1. The first kappa shape index (κ1) is 15.2. The number of ether oxygens (including phenoxy) is 1. The summed E-state index contributed by atoms with van der Waals surface area (Å²) in [5.74, 6) is 0.778. The predicted molar refractivity (Wildman–Crippen MR) is 86.1 cm³/mol. The molecule has 0 saturated heterocycles. The Morgan fingerprint density at radius 3 is 2.10 bits per heavy atom. The van der Waals surface area contributed by atoms with E-state index in [2.05, 4.69) is 0 Å². The van der Waals surface area contributed by atoms with E-state index < -0.39 is 10.0 Å². The molecule has 0 aliphatic carbocycles. The quantitative estimate of drug-likeness (QED) is 0.880. The molecule has 0 amide bonds. The predicted octanol–water partition coefficient (Wildman–Crippen LogP) is 2.34. The lowest BCUT2D eigenvalue weighted by Gasteiger charge is -2.19. The smallest absolute Gasteiger partial charge is 0.232 e. The van der Waals surface area contributed by atoms with Gasteiger partial charge in [0, 0.05) is 7.05 Å². The zero-order valence-corrected chi connectivity index (χ0v) is 13.0. The molecule has 0 atom stereocenters. The first-order chi connectivity index (χ1) is 9.82. The van der Waals surface area contributed by atoms with E-state index in [9.17, 15) is 8.42 Å². The van der Waals surface area contributed by atoms with E-state index in [1.54, 1.807) is 19.2 Å². The van der Waals surface area contributed by atoms with Gasteiger partial charge in [-0.1, -0.05) is 18.2 Å².